The summed E-state index contributed by atoms with van der Waals surface area (Å²) in [7, 11) is 1.38. The maximum atomic E-state index is 14.9. The molecule has 2 heterocycles. The molecule has 4 bridgehead atoms. The predicted molar refractivity (Wildman–Crippen MR) is 246 cm³/mol. The summed E-state index contributed by atoms with van der Waals surface area (Å²) in [5.41, 5.74) is 20.0. The lowest BCUT2D eigenvalue weighted by molar-refractivity contribution is -0.141. The molecule has 5 rings (SSSR count). The summed E-state index contributed by atoms with van der Waals surface area (Å²) in [6.45, 7) is 5.61. The minimum absolute atomic E-state index is 0.0146. The summed E-state index contributed by atoms with van der Waals surface area (Å²) >= 11 is 0. The highest BCUT2D eigenvalue weighted by atomic mass is 19.1. The number of carbonyl (C=O) groups excluding carboxylic acids is 5. The summed E-state index contributed by atoms with van der Waals surface area (Å²) in [5, 5.41) is 19.7. The normalized spacial score (nSPS) is 16.3. The number of carbonyl (C=O) groups is 5. The number of amides is 5. The average molecular weight is 924 g/mol. The number of aromatic nitrogens is 2. The average Bonchev–Trinajstić information content (AvgIpc) is 3.31. The molecular formula is C47H58FN11O8. The van der Waals surface area contributed by atoms with E-state index in [0.717, 1.165) is 17.7 Å². The van der Waals surface area contributed by atoms with Gasteiger partial charge in [0.15, 0.2) is 17.4 Å². The molecule has 356 valence electrons. The standard InChI is InChI=1S/C47H58FN11O8/c1-5-6-19-65-40-12-9-31(25-35(40)48)42-54-26-34(27(2)55-42)44(61)57-36(13-14-49)47(64)59(4)41-30-8-11-39(67-21-17-52)33(24-30)32-22-29(7-10-38(32)66-20-16-51)23-37(45(62)53-18-15-50)58-43(60)28(3)56-46(41)63/h7-12,22,24-26,28,36-37,41H,5-6,13-14,16-21,23,49,51-52H2,1-4H3,(H,53,62)(H,56,63)(H,57,61)(H,58,60)/t28-,36-,37-,41-/m0/s1. The van der Waals surface area contributed by atoms with Gasteiger partial charge in [0.1, 0.15) is 55.4 Å². The molecule has 0 spiro atoms. The maximum Gasteiger partial charge on any atom is 0.255 e. The number of aryl methyl sites for hydroxylation is 1. The SMILES string of the molecule is CCCCOc1ccc(-c2ncc(C(=O)N[C@@H](CCN)C(=O)N(C)[C@@H]3C(=O)N[C@@H](C)C(=O)N[C@H](C(=O)NCC#N)Cc4ccc(OCCN)c(c4)-c4cc3ccc4OCCN)c(C)n2)cc1F. The zero-order valence-electron chi connectivity index (χ0n) is 38.0. The quantitative estimate of drug-likeness (QED) is 0.0523. The zero-order valence-corrected chi connectivity index (χ0v) is 38.0. The van der Waals surface area contributed by atoms with E-state index in [1.54, 1.807) is 49.4 Å². The van der Waals surface area contributed by atoms with Gasteiger partial charge in [-0.05, 0) is 86.8 Å². The van der Waals surface area contributed by atoms with Crippen LogP contribution < -0.4 is 52.7 Å². The van der Waals surface area contributed by atoms with Crippen LogP contribution in [-0.2, 0) is 25.6 Å². The molecule has 1 aliphatic rings. The summed E-state index contributed by atoms with van der Waals surface area (Å²) in [6.07, 6.45) is 2.88. The van der Waals surface area contributed by atoms with E-state index >= 15 is 0 Å². The Morgan fingerprint density at radius 1 is 0.925 bits per heavy atom. The lowest BCUT2D eigenvalue weighted by Gasteiger charge is -2.32. The molecule has 3 aromatic carbocycles. The van der Waals surface area contributed by atoms with Gasteiger partial charge in [-0.25, -0.2) is 14.4 Å². The molecular weight excluding hydrogens is 866 g/mol. The number of fused-ring (bicyclic) bond motifs is 5. The van der Waals surface area contributed by atoms with E-state index in [1.165, 1.54) is 32.3 Å². The fourth-order valence-electron chi connectivity index (χ4n) is 7.28. The highest BCUT2D eigenvalue weighted by molar-refractivity contribution is 6.00. The van der Waals surface area contributed by atoms with Crippen molar-refractivity contribution in [3.63, 3.8) is 0 Å². The van der Waals surface area contributed by atoms with E-state index in [4.69, 9.17) is 36.7 Å². The second-order valence-electron chi connectivity index (χ2n) is 15.7. The van der Waals surface area contributed by atoms with Crippen LogP contribution >= 0.6 is 0 Å². The van der Waals surface area contributed by atoms with Crippen molar-refractivity contribution in [1.29, 1.82) is 5.26 Å². The van der Waals surface area contributed by atoms with Crippen molar-refractivity contribution in [1.82, 2.24) is 36.1 Å². The monoisotopic (exact) mass is 923 g/mol. The van der Waals surface area contributed by atoms with Gasteiger partial charge in [0.2, 0.25) is 23.6 Å². The summed E-state index contributed by atoms with van der Waals surface area (Å²) < 4.78 is 32.6. The predicted octanol–water partition coefficient (Wildman–Crippen LogP) is 1.94. The molecule has 10 N–H and O–H groups in total. The number of nitrogens with one attached hydrogen (secondary N) is 4. The lowest BCUT2D eigenvalue weighted by atomic mass is 9.93. The van der Waals surface area contributed by atoms with Gasteiger partial charge in [-0.1, -0.05) is 25.5 Å². The minimum Gasteiger partial charge on any atom is -0.492 e. The van der Waals surface area contributed by atoms with Crippen LogP contribution in [0.5, 0.6) is 17.2 Å². The molecule has 0 saturated carbocycles. The Morgan fingerprint density at radius 3 is 2.24 bits per heavy atom. The second-order valence-corrected chi connectivity index (χ2v) is 15.7. The van der Waals surface area contributed by atoms with Crippen LogP contribution in [0.15, 0.2) is 60.8 Å². The Morgan fingerprint density at radius 2 is 1.60 bits per heavy atom. The number of nitriles is 1. The van der Waals surface area contributed by atoms with Crippen molar-refractivity contribution in [3.8, 4) is 45.8 Å². The van der Waals surface area contributed by atoms with Crippen LogP contribution in [0, 0.1) is 24.1 Å². The second kappa shape index (κ2) is 24.4. The number of hydrogen-bond acceptors (Lipinski definition) is 14. The van der Waals surface area contributed by atoms with Gasteiger partial charge < -0.3 is 57.6 Å². The molecule has 4 aromatic rings. The third kappa shape index (κ3) is 13.0. The summed E-state index contributed by atoms with van der Waals surface area (Å²) in [4.78, 5) is 80.0. The van der Waals surface area contributed by atoms with Crippen LogP contribution in [0.4, 0.5) is 4.39 Å². The Hall–Kier alpha value is -7.21. The van der Waals surface area contributed by atoms with E-state index < -0.39 is 59.5 Å². The van der Waals surface area contributed by atoms with Gasteiger partial charge in [0.25, 0.3) is 5.91 Å². The highest BCUT2D eigenvalue weighted by Gasteiger charge is 2.36. The van der Waals surface area contributed by atoms with Gasteiger partial charge in [-0.15, -0.1) is 0 Å². The molecule has 19 nitrogen and oxygen atoms in total. The van der Waals surface area contributed by atoms with Crippen molar-refractivity contribution in [2.45, 2.75) is 70.6 Å². The molecule has 5 amide bonds. The molecule has 1 aromatic heterocycles. The first kappa shape index (κ1) is 50.8. The van der Waals surface area contributed by atoms with Crippen LogP contribution in [0.25, 0.3) is 22.5 Å². The lowest BCUT2D eigenvalue weighted by Crippen LogP contribution is -2.56. The van der Waals surface area contributed by atoms with Gasteiger partial charge in [0.05, 0.1) is 23.9 Å². The number of nitrogens with two attached hydrogens (primary N) is 3. The van der Waals surface area contributed by atoms with Crippen molar-refractivity contribution in [2.75, 3.05) is 53.0 Å². The molecule has 0 aliphatic carbocycles. The number of halogens is 1. The molecule has 4 atom stereocenters. The van der Waals surface area contributed by atoms with E-state index in [1.807, 2.05) is 13.0 Å². The molecule has 67 heavy (non-hydrogen) atoms. The van der Waals surface area contributed by atoms with Crippen molar-refractivity contribution in [2.24, 2.45) is 17.2 Å². The molecule has 0 fully saturated rings. The maximum absolute atomic E-state index is 14.9. The smallest absolute Gasteiger partial charge is 0.255 e. The fraction of sp³-hybridized carbons (Fsp3) is 0.404. The third-order valence-electron chi connectivity index (χ3n) is 10.8. The fourth-order valence-corrected chi connectivity index (χ4v) is 7.28. The summed E-state index contributed by atoms with van der Waals surface area (Å²) in [6, 6.07) is 11.1. The number of benzene rings is 3. The largest absolute Gasteiger partial charge is 0.492 e. The summed E-state index contributed by atoms with van der Waals surface area (Å²) in [5.74, 6) is -3.17. The van der Waals surface area contributed by atoms with E-state index in [-0.39, 0.29) is 80.6 Å². The molecule has 0 saturated heterocycles. The van der Waals surface area contributed by atoms with Gasteiger partial charge in [-0.3, -0.25) is 24.0 Å². The first-order valence-corrected chi connectivity index (χ1v) is 22.0. The zero-order chi connectivity index (χ0) is 48.6. The Labute approximate surface area is 388 Å². The first-order chi connectivity index (χ1) is 32.2. The number of rotatable bonds is 19. The highest BCUT2D eigenvalue weighted by Crippen LogP contribution is 2.40. The first-order valence-electron chi connectivity index (χ1n) is 22.0. The Bertz CT molecular complexity index is 2470. The van der Waals surface area contributed by atoms with Crippen molar-refractivity contribution in [3.05, 3.63) is 89.0 Å². The van der Waals surface area contributed by atoms with Crippen LogP contribution in [0.3, 0.4) is 0 Å². The van der Waals surface area contributed by atoms with Crippen molar-refractivity contribution < 1.29 is 42.6 Å². The molecule has 0 unspecified atom stereocenters. The van der Waals surface area contributed by atoms with Gasteiger partial charge in [-0.2, -0.15) is 5.26 Å². The van der Waals surface area contributed by atoms with Crippen molar-refractivity contribution >= 4 is 29.5 Å². The van der Waals surface area contributed by atoms with Crippen LogP contribution in [0.1, 0.15) is 66.3 Å². The number of likely N-dealkylation sites (N-methyl/N-ethyl adjacent to an activating group) is 1. The molecule has 1 aliphatic heterocycles. The number of unbranched alkanes of at least 4 members (excludes halogenated alkanes) is 1. The Balaban J connectivity index is 1.53. The number of nitrogens with zero attached hydrogens (tertiary/aromatic N) is 4. The number of hydrogen-bond donors (Lipinski definition) is 7. The van der Waals surface area contributed by atoms with Crippen LogP contribution in [-0.4, -0.2) is 116 Å². The third-order valence-corrected chi connectivity index (χ3v) is 10.8. The van der Waals surface area contributed by atoms with Crippen LogP contribution in [0.2, 0.25) is 0 Å². The molecule has 0 radical (unpaired) electrons. The topological polar surface area (TPSA) is 292 Å². The molecule has 20 heteroatoms. The van der Waals surface area contributed by atoms with Gasteiger partial charge in [0, 0.05) is 49.4 Å². The van der Waals surface area contributed by atoms with Gasteiger partial charge >= 0.3 is 0 Å². The van der Waals surface area contributed by atoms with E-state index in [9.17, 15) is 28.4 Å². The van der Waals surface area contributed by atoms with E-state index in [2.05, 4.69) is 31.2 Å². The van der Waals surface area contributed by atoms with E-state index in [0.29, 0.717) is 40.4 Å². The Kier molecular flexibility index (Phi) is 18.5. The number of ether oxygens (including phenoxy) is 3. The minimum atomic E-state index is -1.44.